The van der Waals surface area contributed by atoms with Gasteiger partial charge in [0, 0.05) is 0 Å². The van der Waals surface area contributed by atoms with Crippen molar-refractivity contribution in [1.29, 1.82) is 0 Å². The third kappa shape index (κ3) is 1.90. The molecule has 0 saturated heterocycles. The first kappa shape index (κ1) is 12.3. The first-order valence-electron chi connectivity index (χ1n) is 5.68. The maximum Gasteiger partial charge on any atom is 0.258 e. The predicted octanol–water partition coefficient (Wildman–Crippen LogP) is 1.87. The molecule has 0 fully saturated rings. The van der Waals surface area contributed by atoms with E-state index >= 15 is 0 Å². The SMILES string of the molecule is Cc1noc(C)c1-c1nc(O)c(C(C)C)c(=O)[nH]1. The molecule has 0 spiro atoms. The molecule has 0 aliphatic carbocycles. The molecule has 96 valence electrons. The van der Waals surface area contributed by atoms with Gasteiger partial charge in [0.15, 0.2) is 0 Å². The average molecular weight is 249 g/mol. The minimum Gasteiger partial charge on any atom is -0.493 e. The highest BCUT2D eigenvalue weighted by molar-refractivity contribution is 5.60. The van der Waals surface area contributed by atoms with E-state index in [0.717, 1.165) is 0 Å². The fourth-order valence-electron chi connectivity index (χ4n) is 1.93. The lowest BCUT2D eigenvalue weighted by Gasteiger charge is -2.07. The van der Waals surface area contributed by atoms with Gasteiger partial charge in [-0.2, -0.15) is 4.98 Å². The molecule has 0 atom stereocenters. The minimum absolute atomic E-state index is 0.0973. The van der Waals surface area contributed by atoms with Crippen LogP contribution < -0.4 is 5.56 Å². The van der Waals surface area contributed by atoms with Crippen molar-refractivity contribution in [3.8, 4) is 17.3 Å². The van der Waals surface area contributed by atoms with Crippen LogP contribution in [0.25, 0.3) is 11.4 Å². The lowest BCUT2D eigenvalue weighted by molar-refractivity contribution is 0.393. The monoisotopic (exact) mass is 249 g/mol. The number of aromatic nitrogens is 3. The third-order valence-corrected chi connectivity index (χ3v) is 2.78. The van der Waals surface area contributed by atoms with Crippen LogP contribution in [-0.4, -0.2) is 20.2 Å². The maximum absolute atomic E-state index is 11.9. The number of hydrogen-bond acceptors (Lipinski definition) is 5. The van der Waals surface area contributed by atoms with Crippen LogP contribution in [0.2, 0.25) is 0 Å². The minimum atomic E-state index is -0.340. The van der Waals surface area contributed by atoms with E-state index in [2.05, 4.69) is 15.1 Å². The lowest BCUT2D eigenvalue weighted by Crippen LogP contribution is -2.16. The molecule has 0 unspecified atom stereocenters. The summed E-state index contributed by atoms with van der Waals surface area (Å²) in [5, 5.41) is 13.6. The molecule has 0 aromatic carbocycles. The van der Waals surface area contributed by atoms with Crippen molar-refractivity contribution in [1.82, 2.24) is 15.1 Å². The van der Waals surface area contributed by atoms with Gasteiger partial charge < -0.3 is 14.6 Å². The molecule has 0 radical (unpaired) electrons. The van der Waals surface area contributed by atoms with Gasteiger partial charge in [-0.3, -0.25) is 4.79 Å². The largest absolute Gasteiger partial charge is 0.493 e. The number of H-pyrrole nitrogens is 1. The van der Waals surface area contributed by atoms with Crippen molar-refractivity contribution in [2.24, 2.45) is 0 Å². The van der Waals surface area contributed by atoms with Gasteiger partial charge in [-0.25, -0.2) is 0 Å². The van der Waals surface area contributed by atoms with Crippen LogP contribution in [0, 0.1) is 13.8 Å². The van der Waals surface area contributed by atoms with Crippen LogP contribution in [0.4, 0.5) is 0 Å². The summed E-state index contributed by atoms with van der Waals surface area (Å²) in [4.78, 5) is 18.6. The third-order valence-electron chi connectivity index (χ3n) is 2.78. The summed E-state index contributed by atoms with van der Waals surface area (Å²) in [5.41, 5.74) is 1.17. The smallest absolute Gasteiger partial charge is 0.258 e. The first-order chi connectivity index (χ1) is 8.41. The van der Waals surface area contributed by atoms with Crippen molar-refractivity contribution in [3.63, 3.8) is 0 Å². The molecule has 0 aliphatic heterocycles. The van der Waals surface area contributed by atoms with Crippen molar-refractivity contribution in [2.75, 3.05) is 0 Å². The quantitative estimate of drug-likeness (QED) is 0.847. The van der Waals surface area contributed by atoms with Crippen LogP contribution in [0.5, 0.6) is 5.88 Å². The highest BCUT2D eigenvalue weighted by Gasteiger charge is 2.19. The summed E-state index contributed by atoms with van der Waals surface area (Å²) >= 11 is 0. The molecule has 6 heteroatoms. The molecule has 18 heavy (non-hydrogen) atoms. The van der Waals surface area contributed by atoms with Crippen LogP contribution in [0.3, 0.4) is 0 Å². The number of hydrogen-bond donors (Lipinski definition) is 2. The molecule has 2 aromatic heterocycles. The Morgan fingerprint density at radius 3 is 2.44 bits per heavy atom. The molecular weight excluding hydrogens is 234 g/mol. The van der Waals surface area contributed by atoms with Crippen LogP contribution in [0.1, 0.15) is 36.8 Å². The molecule has 0 bridgehead atoms. The summed E-state index contributed by atoms with van der Waals surface area (Å²) in [6.07, 6.45) is 0. The number of nitrogens with one attached hydrogen (secondary N) is 1. The zero-order valence-corrected chi connectivity index (χ0v) is 10.7. The Morgan fingerprint density at radius 1 is 1.33 bits per heavy atom. The van der Waals surface area contributed by atoms with Crippen LogP contribution in [0.15, 0.2) is 9.32 Å². The number of aryl methyl sites for hydroxylation is 2. The van der Waals surface area contributed by atoms with Crippen molar-refractivity contribution < 1.29 is 9.63 Å². The van der Waals surface area contributed by atoms with Crippen LogP contribution in [-0.2, 0) is 0 Å². The second-order valence-corrected chi connectivity index (χ2v) is 4.51. The molecule has 0 amide bonds. The number of nitrogens with zero attached hydrogens (tertiary/aromatic N) is 2. The van der Waals surface area contributed by atoms with Gasteiger partial charge >= 0.3 is 0 Å². The molecule has 6 nitrogen and oxygen atoms in total. The summed E-state index contributed by atoms with van der Waals surface area (Å²) < 4.78 is 5.01. The molecular formula is C12H15N3O3. The van der Waals surface area contributed by atoms with Crippen LogP contribution >= 0.6 is 0 Å². The Kier molecular flexibility index (Phi) is 2.94. The summed E-state index contributed by atoms with van der Waals surface area (Å²) in [6.45, 7) is 7.12. The van der Waals surface area contributed by atoms with E-state index in [1.165, 1.54) is 0 Å². The van der Waals surface area contributed by atoms with Gasteiger partial charge in [-0.15, -0.1) is 0 Å². The van der Waals surface area contributed by atoms with Gasteiger partial charge in [0.25, 0.3) is 5.56 Å². The van der Waals surface area contributed by atoms with Gasteiger partial charge in [0.2, 0.25) is 5.88 Å². The molecule has 2 rings (SSSR count). The second kappa shape index (κ2) is 4.29. The van der Waals surface area contributed by atoms with E-state index in [1.807, 2.05) is 13.8 Å². The second-order valence-electron chi connectivity index (χ2n) is 4.51. The predicted molar refractivity (Wildman–Crippen MR) is 65.6 cm³/mol. The van der Waals surface area contributed by atoms with Gasteiger partial charge in [0.05, 0.1) is 16.8 Å². The Morgan fingerprint density at radius 2 is 2.00 bits per heavy atom. The Balaban J connectivity index is 2.66. The van der Waals surface area contributed by atoms with E-state index < -0.39 is 0 Å². The van der Waals surface area contributed by atoms with E-state index in [0.29, 0.717) is 17.0 Å². The molecule has 0 aliphatic rings. The highest BCUT2D eigenvalue weighted by atomic mass is 16.5. The number of aromatic hydroxyl groups is 1. The fourth-order valence-corrected chi connectivity index (χ4v) is 1.93. The van der Waals surface area contributed by atoms with E-state index in [-0.39, 0.29) is 28.7 Å². The van der Waals surface area contributed by atoms with E-state index in [4.69, 9.17) is 4.52 Å². The highest BCUT2D eigenvalue weighted by Crippen LogP contribution is 2.26. The lowest BCUT2D eigenvalue weighted by atomic mass is 10.1. The number of aromatic amines is 1. The fraction of sp³-hybridized carbons (Fsp3) is 0.417. The molecule has 2 heterocycles. The Bertz CT molecular complexity index is 621. The van der Waals surface area contributed by atoms with Gasteiger partial charge in [-0.05, 0) is 19.8 Å². The van der Waals surface area contributed by atoms with Gasteiger partial charge in [0.1, 0.15) is 11.6 Å². The van der Waals surface area contributed by atoms with E-state index in [9.17, 15) is 9.90 Å². The van der Waals surface area contributed by atoms with Crippen molar-refractivity contribution >= 4 is 0 Å². The molecule has 2 N–H and O–H groups in total. The van der Waals surface area contributed by atoms with Gasteiger partial charge in [-0.1, -0.05) is 19.0 Å². The standard InChI is InChI=1S/C12H15N3O3/c1-5(2)8-11(16)13-10(14-12(8)17)9-6(3)15-18-7(9)4/h5H,1-4H3,(H2,13,14,16,17). The average Bonchev–Trinajstić information content (AvgIpc) is 2.56. The molecule has 0 saturated carbocycles. The zero-order valence-electron chi connectivity index (χ0n) is 10.7. The summed E-state index contributed by atoms with van der Waals surface area (Å²) in [6, 6.07) is 0. The maximum atomic E-state index is 11.9. The van der Waals surface area contributed by atoms with E-state index in [1.54, 1.807) is 13.8 Å². The van der Waals surface area contributed by atoms with Crippen molar-refractivity contribution in [2.45, 2.75) is 33.6 Å². The zero-order chi connectivity index (χ0) is 13.4. The number of rotatable bonds is 2. The first-order valence-corrected chi connectivity index (χ1v) is 5.68. The topological polar surface area (TPSA) is 92.0 Å². The summed E-state index contributed by atoms with van der Waals surface area (Å²) in [5.74, 6) is 0.481. The Hall–Kier alpha value is -2.11. The normalized spacial score (nSPS) is 11.2. The Labute approximate surface area is 104 Å². The molecule has 2 aromatic rings. The summed E-state index contributed by atoms with van der Waals surface area (Å²) in [7, 11) is 0. The van der Waals surface area contributed by atoms with Crippen molar-refractivity contribution in [3.05, 3.63) is 27.4 Å².